The van der Waals surface area contributed by atoms with Gasteiger partial charge in [0.05, 0.1) is 13.1 Å². The van der Waals surface area contributed by atoms with Gasteiger partial charge in [0.1, 0.15) is 0 Å². The quantitative estimate of drug-likeness (QED) is 0.347. The molecule has 1 rings (SSSR count). The Hall–Kier alpha value is -0.830. The van der Waals surface area contributed by atoms with Gasteiger partial charge in [-0.1, -0.05) is 41.4 Å². The molecule has 7 heteroatoms. The van der Waals surface area contributed by atoms with E-state index >= 15 is 0 Å². The van der Waals surface area contributed by atoms with E-state index in [-0.39, 0.29) is 36.4 Å². The molecule has 1 amide bonds. The minimum absolute atomic E-state index is 0. The number of nitrogens with one attached hydrogen (secondary N) is 1. The van der Waals surface area contributed by atoms with Crippen molar-refractivity contribution in [1.82, 2.24) is 15.1 Å². The average Bonchev–Trinajstić information content (AvgIpc) is 2.53. The van der Waals surface area contributed by atoms with E-state index in [1.807, 2.05) is 31.3 Å². The zero-order valence-corrected chi connectivity index (χ0v) is 18.8. The van der Waals surface area contributed by atoms with Crippen LogP contribution in [0.1, 0.15) is 25.3 Å². The lowest BCUT2D eigenvalue weighted by atomic mass is 10.2. The SMILES string of the molecule is CCCCN(C)C(=NCc1ccc(Br)cc1)NCC(=O)N(C)C.I. The maximum absolute atomic E-state index is 11.8. The van der Waals surface area contributed by atoms with Gasteiger partial charge in [0.2, 0.25) is 5.91 Å². The van der Waals surface area contributed by atoms with Crippen LogP contribution < -0.4 is 5.32 Å². The fraction of sp³-hybridized carbons (Fsp3) is 0.529. The van der Waals surface area contributed by atoms with Crippen molar-refractivity contribution < 1.29 is 4.79 Å². The largest absolute Gasteiger partial charge is 0.347 e. The van der Waals surface area contributed by atoms with Crippen LogP contribution in [0.5, 0.6) is 0 Å². The Morgan fingerprint density at radius 3 is 2.38 bits per heavy atom. The molecule has 0 fully saturated rings. The van der Waals surface area contributed by atoms with Gasteiger partial charge in [-0.05, 0) is 24.1 Å². The number of rotatable bonds is 7. The summed E-state index contributed by atoms with van der Waals surface area (Å²) in [7, 11) is 5.51. The third kappa shape index (κ3) is 8.86. The second kappa shape index (κ2) is 12.5. The molecule has 1 aromatic rings. The number of benzene rings is 1. The molecule has 0 saturated carbocycles. The van der Waals surface area contributed by atoms with Crippen LogP contribution in [-0.4, -0.2) is 55.9 Å². The number of guanidine groups is 1. The molecule has 24 heavy (non-hydrogen) atoms. The molecule has 1 N–H and O–H groups in total. The van der Waals surface area contributed by atoms with Gasteiger partial charge in [0.15, 0.2) is 5.96 Å². The highest BCUT2D eigenvalue weighted by Crippen LogP contribution is 2.11. The fourth-order valence-electron chi connectivity index (χ4n) is 1.88. The van der Waals surface area contributed by atoms with Gasteiger partial charge in [0.25, 0.3) is 0 Å². The minimum atomic E-state index is 0. The van der Waals surface area contributed by atoms with Crippen molar-refractivity contribution in [2.45, 2.75) is 26.3 Å². The summed E-state index contributed by atoms with van der Waals surface area (Å²) >= 11 is 3.43. The number of unbranched alkanes of at least 4 members (excludes halogenated alkanes) is 1. The summed E-state index contributed by atoms with van der Waals surface area (Å²) in [6.07, 6.45) is 2.22. The van der Waals surface area contributed by atoms with Crippen molar-refractivity contribution in [3.05, 3.63) is 34.3 Å². The van der Waals surface area contributed by atoms with E-state index in [2.05, 4.69) is 38.1 Å². The van der Waals surface area contributed by atoms with Crippen LogP contribution in [0.25, 0.3) is 0 Å². The first kappa shape index (κ1) is 23.2. The van der Waals surface area contributed by atoms with E-state index in [0.717, 1.165) is 35.4 Å². The van der Waals surface area contributed by atoms with E-state index in [0.29, 0.717) is 6.54 Å². The molecular formula is C17H28BrIN4O. The van der Waals surface area contributed by atoms with Crippen molar-refractivity contribution in [3.63, 3.8) is 0 Å². The summed E-state index contributed by atoms with van der Waals surface area (Å²) in [5, 5.41) is 3.17. The summed E-state index contributed by atoms with van der Waals surface area (Å²) in [4.78, 5) is 20.1. The lowest BCUT2D eigenvalue weighted by Crippen LogP contribution is -2.44. The summed E-state index contributed by atoms with van der Waals surface area (Å²) < 4.78 is 1.06. The van der Waals surface area contributed by atoms with Crippen LogP contribution in [0.15, 0.2) is 33.7 Å². The molecule has 0 aliphatic heterocycles. The topological polar surface area (TPSA) is 47.9 Å². The van der Waals surface area contributed by atoms with Crippen molar-refractivity contribution >= 4 is 51.8 Å². The minimum Gasteiger partial charge on any atom is -0.347 e. The molecule has 1 aromatic carbocycles. The van der Waals surface area contributed by atoms with Crippen molar-refractivity contribution in [2.75, 3.05) is 34.2 Å². The highest BCUT2D eigenvalue weighted by molar-refractivity contribution is 14.0. The van der Waals surface area contributed by atoms with Crippen molar-refractivity contribution in [1.29, 1.82) is 0 Å². The third-order valence-corrected chi connectivity index (χ3v) is 3.96. The molecule has 0 aliphatic carbocycles. The fourth-order valence-corrected chi connectivity index (χ4v) is 2.15. The molecule has 0 radical (unpaired) electrons. The number of amides is 1. The molecule has 0 aromatic heterocycles. The van der Waals surface area contributed by atoms with E-state index in [1.54, 1.807) is 19.0 Å². The molecule has 0 unspecified atom stereocenters. The molecule has 0 heterocycles. The maximum Gasteiger partial charge on any atom is 0.241 e. The Morgan fingerprint density at radius 1 is 1.21 bits per heavy atom. The zero-order valence-electron chi connectivity index (χ0n) is 14.9. The Kier molecular flexibility index (Phi) is 12.1. The number of carbonyl (C=O) groups is 1. The van der Waals surface area contributed by atoms with Gasteiger partial charge in [-0.3, -0.25) is 4.79 Å². The first-order valence-corrected chi connectivity index (χ1v) is 8.67. The Balaban J connectivity index is 0.00000529. The number of likely N-dealkylation sites (N-methyl/N-ethyl adjacent to an activating group) is 1. The predicted molar refractivity (Wildman–Crippen MR) is 115 cm³/mol. The molecule has 0 aliphatic rings. The lowest BCUT2D eigenvalue weighted by Gasteiger charge is -2.23. The molecule has 0 atom stereocenters. The van der Waals surface area contributed by atoms with Gasteiger partial charge < -0.3 is 15.1 Å². The van der Waals surface area contributed by atoms with Crippen LogP contribution in [0.4, 0.5) is 0 Å². The van der Waals surface area contributed by atoms with Crippen LogP contribution in [0.2, 0.25) is 0 Å². The number of aliphatic imine (C=N–C) groups is 1. The van der Waals surface area contributed by atoms with Gasteiger partial charge in [0, 0.05) is 32.2 Å². The number of nitrogens with zero attached hydrogens (tertiary/aromatic N) is 3. The number of hydrogen-bond donors (Lipinski definition) is 1. The van der Waals surface area contributed by atoms with E-state index < -0.39 is 0 Å². The van der Waals surface area contributed by atoms with Crippen molar-refractivity contribution in [2.24, 2.45) is 4.99 Å². The molecule has 0 spiro atoms. The molecular weight excluding hydrogens is 483 g/mol. The van der Waals surface area contributed by atoms with E-state index in [9.17, 15) is 4.79 Å². The summed E-state index contributed by atoms with van der Waals surface area (Å²) in [5.41, 5.74) is 1.13. The third-order valence-electron chi connectivity index (χ3n) is 3.43. The van der Waals surface area contributed by atoms with Gasteiger partial charge >= 0.3 is 0 Å². The van der Waals surface area contributed by atoms with Crippen LogP contribution >= 0.6 is 39.9 Å². The standard InChI is InChI=1S/C17H27BrN4O.HI/c1-5-6-11-22(4)17(20-13-16(23)21(2)3)19-12-14-7-9-15(18)10-8-14;/h7-10H,5-6,11-13H2,1-4H3,(H,19,20);1H. The smallest absolute Gasteiger partial charge is 0.241 e. The van der Waals surface area contributed by atoms with Crippen molar-refractivity contribution in [3.8, 4) is 0 Å². The first-order valence-electron chi connectivity index (χ1n) is 7.88. The summed E-state index contributed by atoms with van der Waals surface area (Å²) in [6, 6.07) is 8.10. The Morgan fingerprint density at radius 2 is 1.83 bits per heavy atom. The monoisotopic (exact) mass is 510 g/mol. The highest BCUT2D eigenvalue weighted by Gasteiger charge is 2.09. The van der Waals surface area contributed by atoms with E-state index in [1.165, 1.54) is 0 Å². The van der Waals surface area contributed by atoms with Crippen LogP contribution in [-0.2, 0) is 11.3 Å². The molecule has 0 bridgehead atoms. The maximum atomic E-state index is 11.8. The number of carbonyl (C=O) groups excluding carboxylic acids is 1. The van der Waals surface area contributed by atoms with Gasteiger partial charge in [-0.2, -0.15) is 0 Å². The summed E-state index contributed by atoms with van der Waals surface area (Å²) in [5.74, 6) is 0.793. The highest BCUT2D eigenvalue weighted by atomic mass is 127. The Bertz CT molecular complexity index is 520. The van der Waals surface area contributed by atoms with Crippen LogP contribution in [0.3, 0.4) is 0 Å². The summed E-state index contributed by atoms with van der Waals surface area (Å²) in [6.45, 7) is 3.92. The molecule has 5 nitrogen and oxygen atoms in total. The zero-order chi connectivity index (χ0) is 17.2. The first-order chi connectivity index (χ1) is 10.9. The van der Waals surface area contributed by atoms with Crippen LogP contribution in [0, 0.1) is 0 Å². The number of hydrogen-bond acceptors (Lipinski definition) is 2. The van der Waals surface area contributed by atoms with Gasteiger partial charge in [-0.15, -0.1) is 24.0 Å². The second-order valence-corrected chi connectivity index (χ2v) is 6.60. The lowest BCUT2D eigenvalue weighted by molar-refractivity contribution is -0.127. The predicted octanol–water partition coefficient (Wildman–Crippen LogP) is 3.33. The molecule has 0 saturated heterocycles. The Labute approximate surface area is 171 Å². The average molecular weight is 511 g/mol. The second-order valence-electron chi connectivity index (χ2n) is 5.68. The van der Waals surface area contributed by atoms with Gasteiger partial charge in [-0.25, -0.2) is 4.99 Å². The molecule has 136 valence electrons. The number of halogens is 2. The normalized spacial score (nSPS) is 10.8. The van der Waals surface area contributed by atoms with E-state index in [4.69, 9.17) is 0 Å².